The minimum atomic E-state index is 0.0871. The molecular weight excluding hydrogens is 284 g/mol. The second-order valence-electron chi connectivity index (χ2n) is 7.58. The Kier molecular flexibility index (Phi) is 3.15. The zero-order valence-electron chi connectivity index (χ0n) is 14.2. The van der Waals surface area contributed by atoms with Crippen molar-refractivity contribution in [3.63, 3.8) is 0 Å². The Morgan fingerprint density at radius 2 is 2.04 bits per heavy atom. The molecule has 1 saturated carbocycles. The first-order valence-electron chi connectivity index (χ1n) is 8.56. The standard InChI is InChI=1S/C20H24N2O/c1-14(2)10-12-21-18-15-9-11-20(3,13-15)17(18)19(23)22(21)16-7-5-4-6-8-16/h4-8,10,15H,9,11-13H2,1-3H3. The first kappa shape index (κ1) is 14.6. The summed E-state index contributed by atoms with van der Waals surface area (Å²) < 4.78 is 4.13. The number of allylic oxidation sites excluding steroid dienone is 2. The average Bonchev–Trinajstić information content (AvgIpc) is 3.14. The van der Waals surface area contributed by atoms with Gasteiger partial charge in [-0.1, -0.05) is 36.8 Å². The van der Waals surface area contributed by atoms with E-state index in [1.807, 2.05) is 35.0 Å². The number of nitrogens with zero attached hydrogens (tertiary/aromatic N) is 2. The molecule has 4 rings (SSSR count). The third-order valence-electron chi connectivity index (χ3n) is 5.59. The van der Waals surface area contributed by atoms with Gasteiger partial charge in [-0.3, -0.25) is 9.48 Å². The molecule has 120 valence electrons. The minimum Gasteiger partial charge on any atom is -0.278 e. The van der Waals surface area contributed by atoms with Crippen LogP contribution in [0, 0.1) is 0 Å². The molecule has 2 aromatic rings. The van der Waals surface area contributed by atoms with E-state index in [2.05, 4.69) is 31.5 Å². The van der Waals surface area contributed by atoms with E-state index < -0.39 is 0 Å². The van der Waals surface area contributed by atoms with Gasteiger partial charge in [-0.15, -0.1) is 0 Å². The molecule has 1 heterocycles. The van der Waals surface area contributed by atoms with Crippen molar-refractivity contribution < 1.29 is 0 Å². The molecule has 3 heteroatoms. The molecule has 0 N–H and O–H groups in total. The van der Waals surface area contributed by atoms with Crippen LogP contribution in [0.2, 0.25) is 0 Å². The fraction of sp³-hybridized carbons (Fsp3) is 0.450. The second-order valence-corrected chi connectivity index (χ2v) is 7.58. The van der Waals surface area contributed by atoms with Crippen molar-refractivity contribution in [1.29, 1.82) is 0 Å². The molecule has 3 nitrogen and oxygen atoms in total. The lowest BCUT2D eigenvalue weighted by Gasteiger charge is -2.20. The number of rotatable bonds is 3. The maximum absolute atomic E-state index is 13.2. The summed E-state index contributed by atoms with van der Waals surface area (Å²) in [5.74, 6) is 0.554. The molecule has 0 amide bonds. The summed E-state index contributed by atoms with van der Waals surface area (Å²) in [7, 11) is 0. The van der Waals surface area contributed by atoms with Gasteiger partial charge in [0.15, 0.2) is 0 Å². The van der Waals surface area contributed by atoms with E-state index in [4.69, 9.17) is 0 Å². The van der Waals surface area contributed by atoms with Gasteiger partial charge in [-0.25, -0.2) is 4.68 Å². The zero-order valence-corrected chi connectivity index (χ0v) is 14.2. The molecule has 2 unspecified atom stereocenters. The Morgan fingerprint density at radius 1 is 1.30 bits per heavy atom. The van der Waals surface area contributed by atoms with Crippen LogP contribution in [-0.4, -0.2) is 9.36 Å². The van der Waals surface area contributed by atoms with Crippen molar-refractivity contribution >= 4 is 0 Å². The van der Waals surface area contributed by atoms with E-state index in [1.54, 1.807) is 0 Å². The average molecular weight is 308 g/mol. The Balaban J connectivity index is 1.98. The van der Waals surface area contributed by atoms with E-state index >= 15 is 0 Å². The van der Waals surface area contributed by atoms with Crippen LogP contribution in [-0.2, 0) is 12.0 Å². The maximum Gasteiger partial charge on any atom is 0.275 e. The molecule has 0 spiro atoms. The molecule has 1 aromatic heterocycles. The normalized spacial score (nSPS) is 24.7. The van der Waals surface area contributed by atoms with E-state index in [1.165, 1.54) is 17.7 Å². The molecule has 2 atom stereocenters. The third kappa shape index (κ3) is 2.06. The fourth-order valence-electron chi connectivity index (χ4n) is 4.52. The van der Waals surface area contributed by atoms with E-state index in [0.29, 0.717) is 5.92 Å². The monoisotopic (exact) mass is 308 g/mol. The second kappa shape index (κ2) is 4.98. The van der Waals surface area contributed by atoms with Crippen molar-refractivity contribution in [2.75, 3.05) is 0 Å². The van der Waals surface area contributed by atoms with Gasteiger partial charge in [0, 0.05) is 22.6 Å². The smallest absolute Gasteiger partial charge is 0.275 e. The van der Waals surface area contributed by atoms with Gasteiger partial charge in [0.25, 0.3) is 5.56 Å². The first-order chi connectivity index (χ1) is 11.0. The summed E-state index contributed by atoms with van der Waals surface area (Å²) in [6.07, 6.45) is 5.74. The predicted octanol–water partition coefficient (Wildman–Crippen LogP) is 4.14. The van der Waals surface area contributed by atoms with Gasteiger partial charge in [0.1, 0.15) is 0 Å². The summed E-state index contributed by atoms with van der Waals surface area (Å²) in [5, 5.41) is 0. The summed E-state index contributed by atoms with van der Waals surface area (Å²) in [6.45, 7) is 7.28. The molecule has 23 heavy (non-hydrogen) atoms. The van der Waals surface area contributed by atoms with Crippen molar-refractivity contribution in [2.24, 2.45) is 0 Å². The van der Waals surface area contributed by atoms with Crippen LogP contribution in [0.25, 0.3) is 5.69 Å². The minimum absolute atomic E-state index is 0.0871. The van der Waals surface area contributed by atoms with Crippen molar-refractivity contribution in [3.8, 4) is 5.69 Å². The van der Waals surface area contributed by atoms with Gasteiger partial charge < -0.3 is 0 Å². The molecule has 0 aliphatic heterocycles. The molecule has 2 aliphatic rings. The van der Waals surface area contributed by atoms with Crippen molar-refractivity contribution in [1.82, 2.24) is 9.36 Å². The van der Waals surface area contributed by atoms with Gasteiger partial charge in [-0.05, 0) is 45.2 Å². The predicted molar refractivity (Wildman–Crippen MR) is 93.4 cm³/mol. The van der Waals surface area contributed by atoms with E-state index in [9.17, 15) is 4.79 Å². The van der Waals surface area contributed by atoms with Crippen molar-refractivity contribution in [2.45, 2.75) is 57.9 Å². The highest BCUT2D eigenvalue weighted by Gasteiger charge is 2.50. The van der Waals surface area contributed by atoms with Crippen LogP contribution >= 0.6 is 0 Å². The van der Waals surface area contributed by atoms with Crippen LogP contribution in [0.15, 0.2) is 46.8 Å². The quantitative estimate of drug-likeness (QED) is 0.783. The largest absolute Gasteiger partial charge is 0.278 e. The molecule has 0 radical (unpaired) electrons. The molecule has 2 bridgehead atoms. The number of aromatic nitrogens is 2. The lowest BCUT2D eigenvalue weighted by molar-refractivity contribution is 0.499. The Labute approximate surface area is 137 Å². The summed E-state index contributed by atoms with van der Waals surface area (Å²) in [5.41, 5.74) is 4.91. The first-order valence-corrected chi connectivity index (χ1v) is 8.56. The van der Waals surface area contributed by atoms with Crippen LogP contribution in [0.5, 0.6) is 0 Å². The maximum atomic E-state index is 13.2. The number of benzene rings is 1. The van der Waals surface area contributed by atoms with Crippen molar-refractivity contribution in [3.05, 3.63) is 63.6 Å². The van der Waals surface area contributed by atoms with Gasteiger partial charge in [0.2, 0.25) is 0 Å². The topological polar surface area (TPSA) is 26.9 Å². The van der Waals surface area contributed by atoms with Crippen LogP contribution < -0.4 is 5.56 Å². The Morgan fingerprint density at radius 3 is 2.74 bits per heavy atom. The molecule has 0 saturated heterocycles. The summed E-state index contributed by atoms with van der Waals surface area (Å²) >= 11 is 0. The van der Waals surface area contributed by atoms with Crippen LogP contribution in [0.3, 0.4) is 0 Å². The highest BCUT2D eigenvalue weighted by Crippen LogP contribution is 2.56. The lowest BCUT2D eigenvalue weighted by Crippen LogP contribution is -2.28. The lowest BCUT2D eigenvalue weighted by atomic mass is 9.84. The molecule has 1 fully saturated rings. The van der Waals surface area contributed by atoms with Gasteiger partial charge in [-0.2, -0.15) is 0 Å². The van der Waals surface area contributed by atoms with Gasteiger partial charge >= 0.3 is 0 Å². The highest BCUT2D eigenvalue weighted by atomic mass is 16.1. The van der Waals surface area contributed by atoms with E-state index in [-0.39, 0.29) is 11.0 Å². The highest BCUT2D eigenvalue weighted by molar-refractivity contribution is 5.44. The van der Waals surface area contributed by atoms with Crippen LogP contribution in [0.1, 0.15) is 57.2 Å². The van der Waals surface area contributed by atoms with Gasteiger partial charge in [0.05, 0.1) is 12.2 Å². The zero-order chi connectivity index (χ0) is 16.2. The SMILES string of the molecule is CC(C)=CCn1c2c(c(=O)n1-c1ccccc1)C1(C)CCC2C1. The van der Waals surface area contributed by atoms with E-state index in [0.717, 1.165) is 30.6 Å². The fourth-order valence-corrected chi connectivity index (χ4v) is 4.52. The number of hydrogen-bond donors (Lipinski definition) is 0. The van der Waals surface area contributed by atoms with Crippen LogP contribution in [0.4, 0.5) is 0 Å². The summed E-state index contributed by atoms with van der Waals surface area (Å²) in [6, 6.07) is 10.1. The Bertz CT molecular complexity index is 837. The molecule has 2 aliphatic carbocycles. The third-order valence-corrected chi connectivity index (χ3v) is 5.59. The Hall–Kier alpha value is -2.03. The number of fused-ring (bicyclic) bond motifs is 5. The summed E-state index contributed by atoms with van der Waals surface area (Å²) in [4.78, 5) is 13.2. The molecule has 1 aromatic carbocycles. The number of hydrogen-bond acceptors (Lipinski definition) is 1. The molecular formula is C20H24N2O. The number of para-hydroxylation sites is 1.